The molecule has 0 aromatic heterocycles. The molecule has 0 heterocycles. The van der Waals surface area contributed by atoms with E-state index in [2.05, 4.69) is 48.5 Å². The van der Waals surface area contributed by atoms with Gasteiger partial charge in [-0.05, 0) is 43.4 Å². The van der Waals surface area contributed by atoms with E-state index < -0.39 is 97.5 Å². The molecule has 17 nitrogen and oxygen atoms in total. The van der Waals surface area contributed by atoms with Crippen molar-refractivity contribution < 1.29 is 80.2 Å². The summed E-state index contributed by atoms with van der Waals surface area (Å²) in [6.45, 7) is 12.0. The fourth-order valence-corrected chi connectivity index (χ4v) is 14.4. The van der Waals surface area contributed by atoms with Crippen molar-refractivity contribution in [3.05, 3.63) is 0 Å². The highest BCUT2D eigenvalue weighted by atomic mass is 31.2. The molecule has 0 fully saturated rings. The third-order valence-electron chi connectivity index (χ3n) is 19.4. The van der Waals surface area contributed by atoms with Gasteiger partial charge in [0.25, 0.3) is 0 Å². The molecule has 19 heteroatoms. The number of carbonyl (C=O) groups is 4. The van der Waals surface area contributed by atoms with Gasteiger partial charge in [0.05, 0.1) is 26.4 Å². The molecule has 0 radical (unpaired) electrons. The smallest absolute Gasteiger partial charge is 0.462 e. The predicted molar refractivity (Wildman–Crippen MR) is 418 cm³/mol. The van der Waals surface area contributed by atoms with E-state index in [1.165, 1.54) is 231 Å². The van der Waals surface area contributed by atoms with Crippen LogP contribution in [0.15, 0.2) is 0 Å². The van der Waals surface area contributed by atoms with E-state index in [4.69, 9.17) is 37.0 Å². The molecule has 5 atom stereocenters. The Bertz CT molecular complexity index is 1970. The quantitative estimate of drug-likeness (QED) is 0.0222. The highest BCUT2D eigenvalue weighted by Crippen LogP contribution is 2.45. The van der Waals surface area contributed by atoms with Crippen LogP contribution in [0.1, 0.15) is 434 Å². The van der Waals surface area contributed by atoms with E-state index in [0.717, 1.165) is 120 Å². The lowest BCUT2D eigenvalue weighted by molar-refractivity contribution is -0.161. The van der Waals surface area contributed by atoms with Gasteiger partial charge in [-0.3, -0.25) is 37.3 Å². The highest BCUT2D eigenvalue weighted by molar-refractivity contribution is 7.47. The molecular weight excluding hydrogens is 1330 g/mol. The molecule has 0 aliphatic heterocycles. The van der Waals surface area contributed by atoms with Crippen LogP contribution < -0.4 is 0 Å². The molecule has 0 saturated carbocycles. The van der Waals surface area contributed by atoms with Crippen LogP contribution in [0.3, 0.4) is 0 Å². The molecule has 606 valence electrons. The van der Waals surface area contributed by atoms with Crippen molar-refractivity contribution in [2.75, 3.05) is 39.6 Å². The Hall–Kier alpha value is -1.94. The summed E-state index contributed by atoms with van der Waals surface area (Å²) in [5, 5.41) is 10.6. The third kappa shape index (κ3) is 76.3. The van der Waals surface area contributed by atoms with E-state index >= 15 is 0 Å². The second kappa shape index (κ2) is 73.2. The first-order valence-corrected chi connectivity index (χ1v) is 45.8. The molecule has 102 heavy (non-hydrogen) atoms. The standard InChI is InChI=1S/C83H162O17P2/c1-8-9-10-11-40-50-57-64-80(85)93-70-78(99-83(88)67-60-53-46-39-33-32-36-43-49-56-63-76(6)7)72-97-101(89,90)95-68-77(84)69-96-102(91,92)98-73-79(100-82(87)66-59-52-45-38-31-27-23-19-15-13-17-21-25-29-35-42-48-55-62-75(4)5)71-94-81(86)65-58-51-44-37-30-26-22-18-14-12-16-20-24-28-34-41-47-54-61-74(2)3/h74-79,84H,8-73H2,1-7H3,(H,89,90)(H,91,92)/t77-,78+,79+/m0/s1. The summed E-state index contributed by atoms with van der Waals surface area (Å²) >= 11 is 0. The van der Waals surface area contributed by atoms with Crippen molar-refractivity contribution in [3.63, 3.8) is 0 Å². The number of aliphatic hydroxyl groups is 1. The van der Waals surface area contributed by atoms with Crippen LogP contribution >= 0.6 is 15.6 Å². The molecule has 2 unspecified atom stereocenters. The molecule has 0 amide bonds. The van der Waals surface area contributed by atoms with Crippen LogP contribution in [0.2, 0.25) is 0 Å². The maximum Gasteiger partial charge on any atom is 0.472 e. The summed E-state index contributed by atoms with van der Waals surface area (Å²) in [7, 11) is -9.92. The van der Waals surface area contributed by atoms with Crippen molar-refractivity contribution in [1.29, 1.82) is 0 Å². The molecule has 0 aromatic carbocycles. The second-order valence-corrected chi connectivity index (χ2v) is 34.2. The van der Waals surface area contributed by atoms with Crippen molar-refractivity contribution in [2.45, 2.75) is 452 Å². The van der Waals surface area contributed by atoms with Crippen molar-refractivity contribution in [3.8, 4) is 0 Å². The van der Waals surface area contributed by atoms with Gasteiger partial charge in [-0.15, -0.1) is 0 Å². The van der Waals surface area contributed by atoms with Gasteiger partial charge < -0.3 is 33.8 Å². The molecule has 0 aromatic rings. The average molecular weight is 1490 g/mol. The minimum Gasteiger partial charge on any atom is -0.462 e. The molecule has 0 rings (SSSR count). The number of aliphatic hydroxyl groups excluding tert-OH is 1. The minimum atomic E-state index is -4.96. The van der Waals surface area contributed by atoms with E-state index in [-0.39, 0.29) is 25.7 Å². The zero-order valence-electron chi connectivity index (χ0n) is 67.1. The van der Waals surface area contributed by atoms with Crippen LogP contribution in [0, 0.1) is 17.8 Å². The highest BCUT2D eigenvalue weighted by Gasteiger charge is 2.30. The first kappa shape index (κ1) is 100. The van der Waals surface area contributed by atoms with Gasteiger partial charge in [-0.1, -0.05) is 382 Å². The van der Waals surface area contributed by atoms with E-state index in [1.54, 1.807) is 0 Å². The van der Waals surface area contributed by atoms with Crippen LogP contribution in [0.4, 0.5) is 0 Å². The Balaban J connectivity index is 5.16. The molecule has 0 bridgehead atoms. The fourth-order valence-electron chi connectivity index (χ4n) is 12.8. The van der Waals surface area contributed by atoms with Gasteiger partial charge >= 0.3 is 39.5 Å². The average Bonchev–Trinajstić information content (AvgIpc) is 1.28. The number of phosphoric acid groups is 2. The van der Waals surface area contributed by atoms with Crippen LogP contribution in [-0.2, 0) is 65.4 Å². The number of carbonyl (C=O) groups excluding carboxylic acids is 4. The topological polar surface area (TPSA) is 237 Å². The van der Waals surface area contributed by atoms with E-state index in [9.17, 15) is 43.2 Å². The molecule has 0 aliphatic rings. The van der Waals surface area contributed by atoms with Crippen molar-refractivity contribution in [2.24, 2.45) is 17.8 Å². The summed E-state index contributed by atoms with van der Waals surface area (Å²) in [5.74, 6) is 0.281. The van der Waals surface area contributed by atoms with Gasteiger partial charge in [0, 0.05) is 25.7 Å². The number of unbranched alkanes of at least 4 members (excludes halogenated alkanes) is 49. The van der Waals surface area contributed by atoms with Crippen LogP contribution in [0.25, 0.3) is 0 Å². The summed E-state index contributed by atoms with van der Waals surface area (Å²) in [5.41, 5.74) is 0. The maximum absolute atomic E-state index is 13.1. The Kier molecular flexibility index (Phi) is 71.8. The molecular formula is C83H162O17P2. The molecule has 0 aliphatic carbocycles. The van der Waals surface area contributed by atoms with Crippen molar-refractivity contribution >= 4 is 39.5 Å². The number of hydrogen-bond donors (Lipinski definition) is 3. The largest absolute Gasteiger partial charge is 0.472 e. The first-order chi connectivity index (χ1) is 49.2. The molecule has 3 N–H and O–H groups in total. The summed E-state index contributed by atoms with van der Waals surface area (Å²) in [4.78, 5) is 72.9. The Morgan fingerprint density at radius 1 is 0.265 bits per heavy atom. The number of hydrogen-bond acceptors (Lipinski definition) is 15. The molecule has 0 spiro atoms. The van der Waals surface area contributed by atoms with Gasteiger partial charge in [0.1, 0.15) is 19.3 Å². The lowest BCUT2D eigenvalue weighted by Crippen LogP contribution is -2.30. The number of esters is 4. The maximum atomic E-state index is 13.1. The minimum absolute atomic E-state index is 0.106. The number of rotatable bonds is 81. The predicted octanol–water partition coefficient (Wildman–Crippen LogP) is 24.9. The van der Waals surface area contributed by atoms with Crippen LogP contribution in [0.5, 0.6) is 0 Å². The summed E-state index contributed by atoms with van der Waals surface area (Å²) in [6, 6.07) is 0. The van der Waals surface area contributed by atoms with Gasteiger partial charge in [0.15, 0.2) is 12.2 Å². The monoisotopic (exact) mass is 1490 g/mol. The fraction of sp³-hybridized carbons (Fsp3) is 0.952. The summed E-state index contributed by atoms with van der Waals surface area (Å²) < 4.78 is 68.6. The number of ether oxygens (including phenoxy) is 4. The SMILES string of the molecule is CCCCCCCCCC(=O)OC[C@H](COP(=O)(O)OC[C@H](O)COP(=O)(O)OC[C@@H](COC(=O)CCCCCCCCCCCCCCCCCCCCC(C)C)OC(=O)CCCCCCCCCCCCCCCCCCCCC(C)C)OC(=O)CCCCCCCCCCCCC(C)C. The first-order valence-electron chi connectivity index (χ1n) is 42.8. The zero-order chi connectivity index (χ0) is 75.1. The van der Waals surface area contributed by atoms with Crippen molar-refractivity contribution in [1.82, 2.24) is 0 Å². The zero-order valence-corrected chi connectivity index (χ0v) is 68.9. The Morgan fingerprint density at radius 3 is 0.667 bits per heavy atom. The summed E-state index contributed by atoms with van der Waals surface area (Å²) in [6.07, 6.45) is 62.8. The normalized spacial score (nSPS) is 13.9. The van der Waals surface area contributed by atoms with Crippen LogP contribution in [-0.4, -0.2) is 96.7 Å². The van der Waals surface area contributed by atoms with E-state index in [1.807, 2.05) is 0 Å². The lowest BCUT2D eigenvalue weighted by atomic mass is 10.0. The Labute approximate surface area is 626 Å². The third-order valence-corrected chi connectivity index (χ3v) is 21.3. The Morgan fingerprint density at radius 2 is 0.451 bits per heavy atom. The molecule has 0 saturated heterocycles. The van der Waals surface area contributed by atoms with Gasteiger partial charge in [0.2, 0.25) is 0 Å². The van der Waals surface area contributed by atoms with E-state index in [0.29, 0.717) is 25.7 Å². The van der Waals surface area contributed by atoms with Gasteiger partial charge in [-0.2, -0.15) is 0 Å². The van der Waals surface area contributed by atoms with Gasteiger partial charge in [-0.25, -0.2) is 9.13 Å². The number of phosphoric ester groups is 2. The lowest BCUT2D eigenvalue weighted by Gasteiger charge is -2.21. The second-order valence-electron chi connectivity index (χ2n) is 31.3.